The number of aldehydes is 1. The minimum absolute atomic E-state index is 0.0585. The fraction of sp³-hybridized carbons (Fsp3) is 0.250. The summed E-state index contributed by atoms with van der Waals surface area (Å²) in [7, 11) is 0. The van der Waals surface area contributed by atoms with Gasteiger partial charge in [-0.1, -0.05) is 6.92 Å². The third-order valence-corrected chi connectivity index (χ3v) is 3.48. The van der Waals surface area contributed by atoms with Crippen molar-refractivity contribution in [2.24, 2.45) is 0 Å². The van der Waals surface area contributed by atoms with E-state index in [0.29, 0.717) is 29.4 Å². The molecule has 0 unspecified atom stereocenters. The Hall–Kier alpha value is -2.97. The fourth-order valence-electron chi connectivity index (χ4n) is 2.45. The lowest BCUT2D eigenvalue weighted by atomic mass is 10.1. The first-order valence-corrected chi connectivity index (χ1v) is 7.46. The van der Waals surface area contributed by atoms with Gasteiger partial charge in [-0.25, -0.2) is 9.37 Å². The molecule has 3 rings (SSSR count). The van der Waals surface area contributed by atoms with Crippen molar-refractivity contribution in [1.82, 2.24) is 19.7 Å². The zero-order valence-electron chi connectivity index (χ0n) is 13.1. The molecule has 130 valence electrons. The van der Waals surface area contributed by atoms with E-state index in [-0.39, 0.29) is 11.3 Å². The van der Waals surface area contributed by atoms with Gasteiger partial charge in [0.05, 0.1) is 11.7 Å². The summed E-state index contributed by atoms with van der Waals surface area (Å²) in [5, 5.41) is 4.33. The van der Waals surface area contributed by atoms with Crippen LogP contribution in [0.5, 0.6) is 5.88 Å². The minimum Gasteiger partial charge on any atom is -0.417 e. The van der Waals surface area contributed by atoms with Crippen molar-refractivity contribution in [3.63, 3.8) is 0 Å². The zero-order chi connectivity index (χ0) is 18.0. The summed E-state index contributed by atoms with van der Waals surface area (Å²) in [5.74, 6) is -1.17. The first-order chi connectivity index (χ1) is 12.0. The second-order valence-corrected chi connectivity index (χ2v) is 5.21. The largest absolute Gasteiger partial charge is 0.417 e. The first-order valence-electron chi connectivity index (χ1n) is 7.46. The number of alkyl halides is 2. The molecule has 0 radical (unpaired) electrons. The molecule has 0 spiro atoms. The van der Waals surface area contributed by atoms with Crippen molar-refractivity contribution in [2.45, 2.75) is 26.5 Å². The standard InChI is InChI=1S/C16H13F3N4O2/c1-2-3-23-12-4-9(8-24)6-21-15(12)14(22-23)10-5-13(25-16(18)19)20-7-11(10)17/h4-8,16H,2-3H2,1H3. The molecule has 0 fully saturated rings. The van der Waals surface area contributed by atoms with Crippen LogP contribution in [0.1, 0.15) is 23.7 Å². The van der Waals surface area contributed by atoms with Crippen molar-refractivity contribution in [3.8, 4) is 17.1 Å². The van der Waals surface area contributed by atoms with E-state index >= 15 is 0 Å². The highest BCUT2D eigenvalue weighted by atomic mass is 19.3. The van der Waals surface area contributed by atoms with E-state index in [1.807, 2.05) is 6.92 Å². The van der Waals surface area contributed by atoms with Gasteiger partial charge in [-0.2, -0.15) is 13.9 Å². The quantitative estimate of drug-likeness (QED) is 0.637. The summed E-state index contributed by atoms with van der Waals surface area (Å²) < 4.78 is 44.8. The molecule has 9 heteroatoms. The molecule has 0 saturated heterocycles. The third-order valence-electron chi connectivity index (χ3n) is 3.48. The molecule has 0 bridgehead atoms. The van der Waals surface area contributed by atoms with E-state index in [2.05, 4.69) is 19.8 Å². The van der Waals surface area contributed by atoms with Crippen LogP contribution in [0.3, 0.4) is 0 Å². The zero-order valence-corrected chi connectivity index (χ0v) is 13.1. The maximum Gasteiger partial charge on any atom is 0.388 e. The van der Waals surface area contributed by atoms with Crippen molar-refractivity contribution in [3.05, 3.63) is 35.9 Å². The molecule has 0 N–H and O–H groups in total. The SMILES string of the molecule is CCCn1nc(-c2cc(OC(F)F)ncc2F)c2ncc(C=O)cc21. The van der Waals surface area contributed by atoms with Crippen LogP contribution >= 0.6 is 0 Å². The normalized spacial score (nSPS) is 11.2. The molecule has 0 aromatic carbocycles. The number of nitrogens with zero attached hydrogens (tertiary/aromatic N) is 4. The number of pyridine rings is 2. The molecule has 3 aromatic heterocycles. The van der Waals surface area contributed by atoms with E-state index in [4.69, 9.17) is 0 Å². The van der Waals surface area contributed by atoms with Crippen molar-refractivity contribution in [2.75, 3.05) is 0 Å². The molecule has 0 aliphatic heterocycles. The van der Waals surface area contributed by atoms with Gasteiger partial charge in [-0.3, -0.25) is 14.5 Å². The van der Waals surface area contributed by atoms with Crippen molar-refractivity contribution < 1.29 is 22.7 Å². The summed E-state index contributed by atoms with van der Waals surface area (Å²) in [6.45, 7) is -0.618. The van der Waals surface area contributed by atoms with Gasteiger partial charge >= 0.3 is 6.61 Å². The van der Waals surface area contributed by atoms with Crippen molar-refractivity contribution >= 4 is 17.3 Å². The number of halogens is 3. The highest BCUT2D eigenvalue weighted by molar-refractivity contribution is 5.92. The molecule has 0 amide bonds. The van der Waals surface area contributed by atoms with Gasteiger partial charge in [0.15, 0.2) is 12.1 Å². The van der Waals surface area contributed by atoms with Gasteiger partial charge in [-0.15, -0.1) is 0 Å². The van der Waals surface area contributed by atoms with E-state index in [0.717, 1.165) is 18.7 Å². The average Bonchev–Trinajstić information content (AvgIpc) is 2.94. The van der Waals surface area contributed by atoms with Crippen LogP contribution in [0.25, 0.3) is 22.3 Å². The van der Waals surface area contributed by atoms with Gasteiger partial charge in [0, 0.05) is 29.9 Å². The van der Waals surface area contributed by atoms with Crippen LogP contribution in [0.4, 0.5) is 13.2 Å². The number of ether oxygens (including phenoxy) is 1. The number of hydrogen-bond donors (Lipinski definition) is 0. The van der Waals surface area contributed by atoms with Crippen LogP contribution in [-0.2, 0) is 6.54 Å². The predicted molar refractivity (Wildman–Crippen MR) is 83.0 cm³/mol. The first kappa shape index (κ1) is 16.9. The molecule has 3 heterocycles. The summed E-state index contributed by atoms with van der Waals surface area (Å²) in [6, 6.07) is 2.64. The van der Waals surface area contributed by atoms with E-state index in [1.165, 1.54) is 6.20 Å². The summed E-state index contributed by atoms with van der Waals surface area (Å²) in [5.41, 5.74) is 1.37. The van der Waals surface area contributed by atoms with Crippen LogP contribution < -0.4 is 4.74 Å². The molecule has 0 saturated carbocycles. The van der Waals surface area contributed by atoms with E-state index in [9.17, 15) is 18.0 Å². The Balaban J connectivity index is 2.20. The van der Waals surface area contributed by atoms with Crippen LogP contribution in [-0.4, -0.2) is 32.6 Å². The van der Waals surface area contributed by atoms with Crippen LogP contribution in [0, 0.1) is 5.82 Å². The highest BCUT2D eigenvalue weighted by Crippen LogP contribution is 2.31. The fourth-order valence-corrected chi connectivity index (χ4v) is 2.45. The predicted octanol–water partition coefficient (Wildman–Crippen LogP) is 3.46. The second kappa shape index (κ2) is 6.88. The highest BCUT2D eigenvalue weighted by Gasteiger charge is 2.19. The Kier molecular flexibility index (Phi) is 4.64. The summed E-state index contributed by atoms with van der Waals surface area (Å²) in [4.78, 5) is 18.6. The average molecular weight is 350 g/mol. The lowest BCUT2D eigenvalue weighted by Gasteiger charge is -2.05. The Bertz CT molecular complexity index is 927. The summed E-state index contributed by atoms with van der Waals surface area (Å²) >= 11 is 0. The molecular weight excluding hydrogens is 337 g/mol. The topological polar surface area (TPSA) is 69.9 Å². The van der Waals surface area contributed by atoms with Gasteiger partial charge in [0.1, 0.15) is 11.2 Å². The molecule has 0 atom stereocenters. The van der Waals surface area contributed by atoms with Gasteiger partial charge < -0.3 is 4.74 Å². The smallest absolute Gasteiger partial charge is 0.388 e. The molecule has 25 heavy (non-hydrogen) atoms. The maximum absolute atomic E-state index is 14.2. The Morgan fingerprint density at radius 3 is 2.76 bits per heavy atom. The lowest BCUT2D eigenvalue weighted by Crippen LogP contribution is -2.04. The molecule has 0 aliphatic rings. The third kappa shape index (κ3) is 3.30. The van der Waals surface area contributed by atoms with Gasteiger partial charge in [0.2, 0.25) is 5.88 Å². The van der Waals surface area contributed by atoms with Gasteiger partial charge in [0.25, 0.3) is 0 Å². The second-order valence-electron chi connectivity index (χ2n) is 5.21. The lowest BCUT2D eigenvalue weighted by molar-refractivity contribution is -0.0528. The Labute approximate surface area is 140 Å². The van der Waals surface area contributed by atoms with E-state index in [1.54, 1.807) is 10.7 Å². The number of hydrogen-bond acceptors (Lipinski definition) is 5. The monoisotopic (exact) mass is 350 g/mol. The minimum atomic E-state index is -3.08. The Morgan fingerprint density at radius 1 is 1.28 bits per heavy atom. The van der Waals surface area contributed by atoms with Crippen LogP contribution in [0.2, 0.25) is 0 Å². The number of rotatable bonds is 6. The molecule has 0 aliphatic carbocycles. The van der Waals surface area contributed by atoms with Gasteiger partial charge in [-0.05, 0) is 12.5 Å². The number of aryl methyl sites for hydroxylation is 1. The molecule has 6 nitrogen and oxygen atoms in total. The van der Waals surface area contributed by atoms with E-state index < -0.39 is 18.3 Å². The number of fused-ring (bicyclic) bond motifs is 1. The number of carbonyl (C=O) groups is 1. The number of carbonyl (C=O) groups excluding carboxylic acids is 1. The molecule has 3 aromatic rings. The maximum atomic E-state index is 14.2. The number of aromatic nitrogens is 4. The summed E-state index contributed by atoms with van der Waals surface area (Å²) in [6.07, 6.45) is 3.53. The van der Waals surface area contributed by atoms with Crippen molar-refractivity contribution in [1.29, 1.82) is 0 Å². The van der Waals surface area contributed by atoms with Crippen LogP contribution in [0.15, 0.2) is 24.5 Å². The molecular formula is C16H13F3N4O2. The Morgan fingerprint density at radius 2 is 2.08 bits per heavy atom.